The lowest BCUT2D eigenvalue weighted by Crippen LogP contribution is -2.29. The number of hydrogen-bond donors (Lipinski definition) is 1. The summed E-state index contributed by atoms with van der Waals surface area (Å²) in [5.74, 6) is -1.00. The Labute approximate surface area is 199 Å². The van der Waals surface area contributed by atoms with Gasteiger partial charge in [-0.1, -0.05) is 48.0 Å². The lowest BCUT2D eigenvalue weighted by molar-refractivity contribution is -0.132. The van der Waals surface area contributed by atoms with Crippen molar-refractivity contribution >= 4 is 28.8 Å². The smallest absolute Gasteiger partial charge is 0.300 e. The van der Waals surface area contributed by atoms with Crippen LogP contribution in [-0.2, 0) is 9.59 Å². The van der Waals surface area contributed by atoms with Gasteiger partial charge in [-0.05, 0) is 43.7 Å². The summed E-state index contributed by atoms with van der Waals surface area (Å²) in [5, 5.41) is 11.2. The van der Waals surface area contributed by atoms with Crippen molar-refractivity contribution < 1.29 is 19.4 Å². The van der Waals surface area contributed by atoms with Crippen LogP contribution in [0.25, 0.3) is 5.76 Å². The maximum atomic E-state index is 13.3. The van der Waals surface area contributed by atoms with Gasteiger partial charge in [-0.25, -0.2) is 0 Å². The van der Waals surface area contributed by atoms with Crippen LogP contribution in [0.1, 0.15) is 29.7 Å². The van der Waals surface area contributed by atoms with E-state index in [9.17, 15) is 14.7 Å². The van der Waals surface area contributed by atoms with E-state index in [1.807, 2.05) is 69.2 Å². The minimum Gasteiger partial charge on any atom is -0.507 e. The predicted octanol–water partition coefficient (Wildman–Crippen LogP) is 5.09. The molecule has 34 heavy (non-hydrogen) atoms. The Balaban J connectivity index is 1.91. The second-order valence-electron chi connectivity index (χ2n) is 8.45. The van der Waals surface area contributed by atoms with Gasteiger partial charge < -0.3 is 14.7 Å². The molecular weight excluding hydrogens is 428 g/mol. The first-order valence-corrected chi connectivity index (χ1v) is 11.2. The molecule has 0 radical (unpaired) electrons. The number of anilines is 2. The van der Waals surface area contributed by atoms with Crippen molar-refractivity contribution in [1.29, 1.82) is 0 Å². The van der Waals surface area contributed by atoms with Crippen molar-refractivity contribution in [2.24, 2.45) is 0 Å². The van der Waals surface area contributed by atoms with E-state index >= 15 is 0 Å². The van der Waals surface area contributed by atoms with E-state index < -0.39 is 17.7 Å². The van der Waals surface area contributed by atoms with Gasteiger partial charge in [-0.3, -0.25) is 14.5 Å². The standard InChI is InChI=1S/C28H28N2O4/c1-5-34-23-8-6-7-22(17-23)30-25(19-13-15-21(16-14-19)29(3)4)24(27(32)28(30)33)26(31)20-11-9-18(2)10-12-20/h6-17,25,31H,5H2,1-4H3/b26-24+. The number of aliphatic hydroxyl groups is 1. The Morgan fingerprint density at radius 1 is 1.00 bits per heavy atom. The molecule has 1 saturated heterocycles. The van der Waals surface area contributed by atoms with Crippen LogP contribution in [-0.4, -0.2) is 37.5 Å². The molecular formula is C28H28N2O4. The quantitative estimate of drug-likeness (QED) is 0.318. The van der Waals surface area contributed by atoms with E-state index in [1.165, 1.54) is 4.90 Å². The van der Waals surface area contributed by atoms with Gasteiger partial charge >= 0.3 is 0 Å². The number of nitrogens with zero attached hydrogens (tertiary/aromatic N) is 2. The van der Waals surface area contributed by atoms with Gasteiger partial charge in [0.1, 0.15) is 11.5 Å². The fraction of sp³-hybridized carbons (Fsp3) is 0.214. The number of carbonyl (C=O) groups excluding carboxylic acids is 2. The first kappa shape index (κ1) is 23.1. The maximum absolute atomic E-state index is 13.3. The zero-order valence-corrected chi connectivity index (χ0v) is 19.8. The molecule has 174 valence electrons. The largest absolute Gasteiger partial charge is 0.507 e. The number of rotatable bonds is 6. The molecule has 0 aliphatic carbocycles. The zero-order valence-electron chi connectivity index (χ0n) is 19.8. The van der Waals surface area contributed by atoms with Crippen LogP contribution < -0.4 is 14.5 Å². The van der Waals surface area contributed by atoms with Crippen molar-refractivity contribution in [3.63, 3.8) is 0 Å². The third-order valence-corrected chi connectivity index (χ3v) is 5.90. The van der Waals surface area contributed by atoms with Crippen LogP contribution in [0.3, 0.4) is 0 Å². The molecule has 0 bridgehead atoms. The number of amides is 1. The topological polar surface area (TPSA) is 70.1 Å². The van der Waals surface area contributed by atoms with Crippen molar-refractivity contribution in [2.45, 2.75) is 19.9 Å². The summed E-state index contributed by atoms with van der Waals surface area (Å²) in [4.78, 5) is 30.0. The monoisotopic (exact) mass is 456 g/mol. The van der Waals surface area contributed by atoms with Crippen LogP contribution in [0, 0.1) is 6.92 Å². The van der Waals surface area contributed by atoms with E-state index in [-0.39, 0.29) is 11.3 Å². The van der Waals surface area contributed by atoms with Crippen LogP contribution in [0.2, 0.25) is 0 Å². The Hall–Kier alpha value is -4.06. The van der Waals surface area contributed by atoms with Crippen molar-refractivity contribution in [1.82, 2.24) is 0 Å². The molecule has 1 unspecified atom stereocenters. The highest BCUT2D eigenvalue weighted by molar-refractivity contribution is 6.51. The molecule has 0 aromatic heterocycles. The van der Waals surface area contributed by atoms with Crippen molar-refractivity contribution in [3.05, 3.63) is 95.1 Å². The minimum atomic E-state index is -0.783. The Morgan fingerprint density at radius 2 is 1.68 bits per heavy atom. The fourth-order valence-corrected chi connectivity index (χ4v) is 4.13. The van der Waals surface area contributed by atoms with Crippen LogP contribution in [0.5, 0.6) is 5.75 Å². The molecule has 1 amide bonds. The third-order valence-electron chi connectivity index (χ3n) is 5.90. The Morgan fingerprint density at radius 3 is 2.29 bits per heavy atom. The van der Waals surface area contributed by atoms with Crippen LogP contribution >= 0.6 is 0 Å². The molecule has 1 fully saturated rings. The van der Waals surface area contributed by atoms with E-state index in [1.54, 1.807) is 36.4 Å². The molecule has 3 aromatic rings. The van der Waals surface area contributed by atoms with E-state index in [0.717, 1.165) is 16.8 Å². The Kier molecular flexibility index (Phi) is 6.41. The number of Topliss-reactive ketones (excluding diaryl/α,β-unsaturated/α-hetero) is 1. The summed E-state index contributed by atoms with van der Waals surface area (Å²) in [6, 6.07) is 21.1. The number of ketones is 1. The second kappa shape index (κ2) is 9.43. The van der Waals surface area contributed by atoms with Crippen molar-refractivity contribution in [2.75, 3.05) is 30.5 Å². The molecule has 6 heteroatoms. The van der Waals surface area contributed by atoms with Gasteiger partial charge in [-0.15, -0.1) is 0 Å². The number of benzene rings is 3. The zero-order chi connectivity index (χ0) is 24.4. The first-order valence-electron chi connectivity index (χ1n) is 11.2. The molecule has 1 aliphatic heterocycles. The highest BCUT2D eigenvalue weighted by Gasteiger charge is 2.47. The molecule has 1 aliphatic rings. The molecule has 1 N–H and O–H groups in total. The lowest BCUT2D eigenvalue weighted by atomic mass is 9.94. The summed E-state index contributed by atoms with van der Waals surface area (Å²) in [7, 11) is 3.88. The normalized spacial score (nSPS) is 17.2. The predicted molar refractivity (Wildman–Crippen MR) is 134 cm³/mol. The van der Waals surface area contributed by atoms with Gasteiger partial charge in [0, 0.05) is 37.1 Å². The maximum Gasteiger partial charge on any atom is 0.300 e. The molecule has 1 atom stereocenters. The fourth-order valence-electron chi connectivity index (χ4n) is 4.13. The average molecular weight is 457 g/mol. The number of aryl methyl sites for hydroxylation is 1. The molecule has 1 heterocycles. The van der Waals surface area contributed by atoms with Crippen LogP contribution in [0.4, 0.5) is 11.4 Å². The molecule has 4 rings (SSSR count). The van der Waals surface area contributed by atoms with Gasteiger partial charge in [0.15, 0.2) is 0 Å². The summed E-state index contributed by atoms with van der Waals surface area (Å²) in [6.07, 6.45) is 0. The van der Waals surface area contributed by atoms with E-state index in [4.69, 9.17) is 4.74 Å². The molecule has 0 spiro atoms. The van der Waals surface area contributed by atoms with E-state index in [0.29, 0.717) is 23.6 Å². The van der Waals surface area contributed by atoms with Gasteiger partial charge in [0.2, 0.25) is 0 Å². The SMILES string of the molecule is CCOc1cccc(N2C(=O)C(=O)/C(=C(/O)c3ccc(C)cc3)C2c2ccc(N(C)C)cc2)c1. The average Bonchev–Trinajstić information content (AvgIpc) is 3.10. The third kappa shape index (κ3) is 4.27. The van der Waals surface area contributed by atoms with E-state index in [2.05, 4.69) is 0 Å². The lowest BCUT2D eigenvalue weighted by Gasteiger charge is -2.26. The highest BCUT2D eigenvalue weighted by Crippen LogP contribution is 2.43. The van der Waals surface area contributed by atoms with Crippen LogP contribution in [0.15, 0.2) is 78.4 Å². The second-order valence-corrected chi connectivity index (χ2v) is 8.45. The summed E-state index contributed by atoms with van der Waals surface area (Å²) >= 11 is 0. The molecule has 6 nitrogen and oxygen atoms in total. The Bertz CT molecular complexity index is 1240. The summed E-state index contributed by atoms with van der Waals surface area (Å²) in [5.41, 5.74) is 3.81. The van der Waals surface area contributed by atoms with Gasteiger partial charge in [0.25, 0.3) is 11.7 Å². The van der Waals surface area contributed by atoms with Crippen molar-refractivity contribution in [3.8, 4) is 5.75 Å². The summed E-state index contributed by atoms with van der Waals surface area (Å²) < 4.78 is 5.62. The minimum absolute atomic E-state index is 0.0632. The number of ether oxygens (including phenoxy) is 1. The highest BCUT2D eigenvalue weighted by atomic mass is 16.5. The summed E-state index contributed by atoms with van der Waals surface area (Å²) in [6.45, 7) is 4.30. The van der Waals surface area contributed by atoms with Gasteiger partial charge in [0.05, 0.1) is 18.2 Å². The van der Waals surface area contributed by atoms with Gasteiger partial charge in [-0.2, -0.15) is 0 Å². The number of carbonyl (C=O) groups is 2. The number of aliphatic hydroxyl groups excluding tert-OH is 1. The first-order chi connectivity index (χ1) is 16.3. The molecule has 3 aromatic carbocycles. The number of hydrogen-bond acceptors (Lipinski definition) is 5. The molecule has 0 saturated carbocycles.